The number of carbonyl (C=O) groups excluding carboxylic acids is 2. The molecule has 4 heteroatoms. The van der Waals surface area contributed by atoms with Crippen LogP contribution in [0.5, 0.6) is 0 Å². The minimum Gasteiger partial charge on any atom is -0.455 e. The Morgan fingerprint density at radius 1 is 1.09 bits per heavy atom. The molecule has 1 aliphatic carbocycles. The predicted molar refractivity (Wildman–Crippen MR) is 88.3 cm³/mol. The third-order valence-electron chi connectivity index (χ3n) is 5.02. The molecular formula is C18H33NO3. The predicted octanol–water partition coefficient (Wildman–Crippen LogP) is 3.54. The molecule has 1 unspecified atom stereocenters. The fraction of sp³-hybridized carbons (Fsp3) is 0.889. The van der Waals surface area contributed by atoms with Crippen molar-refractivity contribution in [2.45, 2.75) is 73.3 Å². The topological polar surface area (TPSA) is 55.4 Å². The molecule has 1 amide bonds. The fourth-order valence-electron chi connectivity index (χ4n) is 2.91. The van der Waals surface area contributed by atoms with E-state index in [2.05, 4.69) is 26.1 Å². The van der Waals surface area contributed by atoms with E-state index in [1.165, 1.54) is 0 Å². The van der Waals surface area contributed by atoms with Gasteiger partial charge in [-0.15, -0.1) is 0 Å². The number of nitrogens with one attached hydrogen (secondary N) is 1. The van der Waals surface area contributed by atoms with Gasteiger partial charge in [-0.1, -0.05) is 34.6 Å². The van der Waals surface area contributed by atoms with Gasteiger partial charge in [0.15, 0.2) is 6.61 Å². The van der Waals surface area contributed by atoms with Crippen LogP contribution in [0.4, 0.5) is 0 Å². The highest BCUT2D eigenvalue weighted by Gasteiger charge is 2.33. The van der Waals surface area contributed by atoms with E-state index in [9.17, 15) is 9.59 Å². The van der Waals surface area contributed by atoms with E-state index >= 15 is 0 Å². The number of carbonyl (C=O) groups is 2. The second-order valence-electron chi connectivity index (χ2n) is 8.12. The Morgan fingerprint density at radius 2 is 1.64 bits per heavy atom. The Hall–Kier alpha value is -1.06. The summed E-state index contributed by atoms with van der Waals surface area (Å²) >= 11 is 0. The van der Waals surface area contributed by atoms with Gasteiger partial charge in [-0.2, -0.15) is 0 Å². The zero-order valence-corrected chi connectivity index (χ0v) is 15.1. The van der Waals surface area contributed by atoms with Crippen LogP contribution in [0.2, 0.25) is 0 Å². The zero-order valence-electron chi connectivity index (χ0n) is 15.1. The SMILES string of the molecule is CC(C)C(C)NC(=O)COC(=O)C1CCC(C(C)(C)C)CC1. The summed E-state index contributed by atoms with van der Waals surface area (Å²) < 4.78 is 5.19. The van der Waals surface area contributed by atoms with E-state index in [-0.39, 0.29) is 30.4 Å². The maximum atomic E-state index is 12.1. The maximum absolute atomic E-state index is 12.1. The van der Waals surface area contributed by atoms with Gasteiger partial charge in [-0.3, -0.25) is 9.59 Å². The van der Waals surface area contributed by atoms with Crippen molar-refractivity contribution in [1.82, 2.24) is 5.32 Å². The summed E-state index contributed by atoms with van der Waals surface area (Å²) in [7, 11) is 0. The van der Waals surface area contributed by atoms with Gasteiger partial charge in [0.05, 0.1) is 5.92 Å². The third-order valence-corrected chi connectivity index (χ3v) is 5.02. The minimum absolute atomic E-state index is 0.0334. The monoisotopic (exact) mass is 311 g/mol. The molecule has 4 nitrogen and oxygen atoms in total. The third kappa shape index (κ3) is 5.98. The molecule has 1 fully saturated rings. The molecule has 0 radical (unpaired) electrons. The lowest BCUT2D eigenvalue weighted by Crippen LogP contribution is -2.39. The van der Waals surface area contributed by atoms with Crippen molar-refractivity contribution in [1.29, 1.82) is 0 Å². The summed E-state index contributed by atoms with van der Waals surface area (Å²) in [6.07, 6.45) is 3.90. The van der Waals surface area contributed by atoms with Crippen LogP contribution in [0.25, 0.3) is 0 Å². The van der Waals surface area contributed by atoms with E-state index in [4.69, 9.17) is 4.74 Å². The Morgan fingerprint density at radius 3 is 2.09 bits per heavy atom. The standard InChI is InChI=1S/C18H33NO3/c1-12(2)13(3)19-16(20)11-22-17(21)14-7-9-15(10-8-14)18(4,5)6/h12-15H,7-11H2,1-6H3,(H,19,20). The molecule has 1 rings (SSSR count). The summed E-state index contributed by atoms with van der Waals surface area (Å²) in [6, 6.07) is 0.0911. The second kappa shape index (κ2) is 7.98. The minimum atomic E-state index is -0.210. The van der Waals surface area contributed by atoms with E-state index < -0.39 is 0 Å². The number of amides is 1. The lowest BCUT2D eigenvalue weighted by molar-refractivity contribution is -0.154. The molecule has 1 aliphatic rings. The van der Waals surface area contributed by atoms with Gasteiger partial charge >= 0.3 is 5.97 Å². The molecule has 128 valence electrons. The van der Waals surface area contributed by atoms with Gasteiger partial charge < -0.3 is 10.1 Å². The highest BCUT2D eigenvalue weighted by atomic mass is 16.5. The molecule has 0 aliphatic heterocycles. The summed E-state index contributed by atoms with van der Waals surface area (Å²) in [5, 5.41) is 2.85. The summed E-state index contributed by atoms with van der Waals surface area (Å²) in [5.74, 6) is 0.589. The highest BCUT2D eigenvalue weighted by Crippen LogP contribution is 2.40. The van der Waals surface area contributed by atoms with Crippen LogP contribution in [0.1, 0.15) is 67.2 Å². The van der Waals surface area contributed by atoms with Gasteiger partial charge in [-0.25, -0.2) is 0 Å². The van der Waals surface area contributed by atoms with Crippen LogP contribution >= 0.6 is 0 Å². The normalized spacial score (nSPS) is 24.0. The fourth-order valence-corrected chi connectivity index (χ4v) is 2.91. The number of ether oxygens (including phenoxy) is 1. The lowest BCUT2D eigenvalue weighted by atomic mass is 9.70. The van der Waals surface area contributed by atoms with Crippen molar-refractivity contribution < 1.29 is 14.3 Å². The Kier molecular flexibility index (Phi) is 6.89. The molecule has 0 heterocycles. The molecule has 0 saturated heterocycles. The maximum Gasteiger partial charge on any atom is 0.309 e. The first-order valence-corrected chi connectivity index (χ1v) is 8.57. The Bertz CT molecular complexity index is 376. The van der Waals surface area contributed by atoms with Crippen molar-refractivity contribution >= 4 is 11.9 Å². The molecule has 22 heavy (non-hydrogen) atoms. The second-order valence-corrected chi connectivity index (χ2v) is 8.12. The first-order chi connectivity index (χ1) is 10.1. The molecule has 0 aromatic rings. The van der Waals surface area contributed by atoms with Crippen molar-refractivity contribution in [2.75, 3.05) is 6.61 Å². The van der Waals surface area contributed by atoms with Crippen molar-refractivity contribution in [3.8, 4) is 0 Å². The van der Waals surface area contributed by atoms with Crippen LogP contribution in [-0.2, 0) is 14.3 Å². The van der Waals surface area contributed by atoms with Crippen LogP contribution in [0, 0.1) is 23.2 Å². The van der Waals surface area contributed by atoms with E-state index in [1.54, 1.807) is 0 Å². The Labute approximate surface area is 135 Å². The molecule has 0 bridgehead atoms. The van der Waals surface area contributed by atoms with E-state index in [1.807, 2.05) is 20.8 Å². The van der Waals surface area contributed by atoms with Crippen molar-refractivity contribution in [3.05, 3.63) is 0 Å². The van der Waals surface area contributed by atoms with E-state index in [0.29, 0.717) is 17.3 Å². The van der Waals surface area contributed by atoms with Crippen LogP contribution in [0.3, 0.4) is 0 Å². The largest absolute Gasteiger partial charge is 0.455 e. The lowest BCUT2D eigenvalue weighted by Gasteiger charge is -2.36. The molecule has 0 aromatic carbocycles. The van der Waals surface area contributed by atoms with Crippen LogP contribution in [0.15, 0.2) is 0 Å². The molecule has 0 aromatic heterocycles. The van der Waals surface area contributed by atoms with Gasteiger partial charge in [0.25, 0.3) is 5.91 Å². The summed E-state index contributed by atoms with van der Waals surface area (Å²) in [4.78, 5) is 23.8. The smallest absolute Gasteiger partial charge is 0.309 e. The first-order valence-electron chi connectivity index (χ1n) is 8.57. The number of esters is 1. The highest BCUT2D eigenvalue weighted by molar-refractivity contribution is 5.81. The van der Waals surface area contributed by atoms with Gasteiger partial charge in [0.2, 0.25) is 0 Å². The number of hydrogen-bond acceptors (Lipinski definition) is 3. The number of rotatable bonds is 5. The number of hydrogen-bond donors (Lipinski definition) is 1. The van der Waals surface area contributed by atoms with Gasteiger partial charge in [-0.05, 0) is 49.9 Å². The molecule has 1 saturated carbocycles. The van der Waals surface area contributed by atoms with Crippen molar-refractivity contribution in [2.24, 2.45) is 23.2 Å². The quantitative estimate of drug-likeness (QED) is 0.790. The summed E-state index contributed by atoms with van der Waals surface area (Å²) in [5.41, 5.74) is 0.307. The van der Waals surface area contributed by atoms with Crippen LogP contribution < -0.4 is 5.32 Å². The van der Waals surface area contributed by atoms with Gasteiger partial charge in [0, 0.05) is 6.04 Å². The first kappa shape index (κ1) is 19.0. The average molecular weight is 311 g/mol. The van der Waals surface area contributed by atoms with E-state index in [0.717, 1.165) is 25.7 Å². The zero-order chi connectivity index (χ0) is 16.9. The van der Waals surface area contributed by atoms with Crippen molar-refractivity contribution in [3.63, 3.8) is 0 Å². The summed E-state index contributed by atoms with van der Waals surface area (Å²) in [6.45, 7) is 12.7. The van der Waals surface area contributed by atoms with Crippen LogP contribution in [-0.4, -0.2) is 24.5 Å². The molecular weight excluding hydrogens is 278 g/mol. The van der Waals surface area contributed by atoms with Gasteiger partial charge in [0.1, 0.15) is 0 Å². The average Bonchev–Trinajstić information content (AvgIpc) is 2.43. The molecule has 1 N–H and O–H groups in total. The Balaban J connectivity index is 2.31. The molecule has 1 atom stereocenters. The molecule has 0 spiro atoms.